The number of benzene rings is 1. The number of aryl methyl sites for hydroxylation is 3. The molecule has 0 aliphatic heterocycles. The maximum atomic E-state index is 11.9. The van der Waals surface area contributed by atoms with Gasteiger partial charge >= 0.3 is 0 Å². The first-order valence-electron chi connectivity index (χ1n) is 7.76. The Balaban J connectivity index is 1.76. The zero-order chi connectivity index (χ0) is 16.8. The molecule has 0 spiro atoms. The van der Waals surface area contributed by atoms with Gasteiger partial charge < -0.3 is 5.32 Å². The van der Waals surface area contributed by atoms with Crippen LogP contribution in [0.25, 0.3) is 0 Å². The SMILES string of the molecule is Cc1nn(C)c(C)c1CCNC(=O)CCc1ccc(C#N)cc1. The second-order valence-corrected chi connectivity index (χ2v) is 5.68. The van der Waals surface area contributed by atoms with Crippen molar-refractivity contribution in [1.82, 2.24) is 15.1 Å². The summed E-state index contributed by atoms with van der Waals surface area (Å²) in [6, 6.07) is 9.44. The molecule has 0 saturated heterocycles. The fourth-order valence-electron chi connectivity index (χ4n) is 2.60. The monoisotopic (exact) mass is 310 g/mol. The van der Waals surface area contributed by atoms with Crippen molar-refractivity contribution >= 4 is 5.91 Å². The number of hydrogen-bond donors (Lipinski definition) is 1. The van der Waals surface area contributed by atoms with Crippen molar-refractivity contribution in [3.05, 3.63) is 52.3 Å². The Morgan fingerprint density at radius 2 is 1.96 bits per heavy atom. The summed E-state index contributed by atoms with van der Waals surface area (Å²) in [6.45, 7) is 4.66. The standard InChI is InChI=1S/C18H22N4O/c1-13-17(14(2)22(3)21-13)10-11-20-18(23)9-8-15-4-6-16(12-19)7-5-15/h4-7H,8-11H2,1-3H3,(H,20,23). The van der Waals surface area contributed by atoms with Crippen LogP contribution in [0, 0.1) is 25.2 Å². The van der Waals surface area contributed by atoms with E-state index in [1.54, 1.807) is 12.1 Å². The molecule has 0 atom stereocenters. The Kier molecular flexibility index (Phi) is 5.53. The molecule has 1 aromatic heterocycles. The van der Waals surface area contributed by atoms with Crippen LogP contribution in [-0.4, -0.2) is 22.2 Å². The second-order valence-electron chi connectivity index (χ2n) is 5.68. The molecule has 0 bridgehead atoms. The Hall–Kier alpha value is -2.61. The van der Waals surface area contributed by atoms with Gasteiger partial charge in [-0.15, -0.1) is 0 Å². The summed E-state index contributed by atoms with van der Waals surface area (Å²) in [5.74, 6) is 0.0496. The predicted octanol–water partition coefficient (Wildman–Crippen LogP) is 2.20. The molecule has 1 aromatic carbocycles. The highest BCUT2D eigenvalue weighted by Gasteiger charge is 2.09. The minimum Gasteiger partial charge on any atom is -0.356 e. The van der Waals surface area contributed by atoms with E-state index >= 15 is 0 Å². The van der Waals surface area contributed by atoms with Crippen LogP contribution >= 0.6 is 0 Å². The first kappa shape index (κ1) is 16.8. The molecule has 1 amide bonds. The molecule has 2 rings (SSSR count). The van der Waals surface area contributed by atoms with E-state index in [2.05, 4.69) is 16.5 Å². The van der Waals surface area contributed by atoms with Crippen molar-refractivity contribution in [1.29, 1.82) is 5.26 Å². The number of aromatic nitrogens is 2. The van der Waals surface area contributed by atoms with E-state index < -0.39 is 0 Å². The lowest BCUT2D eigenvalue weighted by molar-refractivity contribution is -0.121. The molecule has 23 heavy (non-hydrogen) atoms. The van der Waals surface area contributed by atoms with Crippen LogP contribution in [0.5, 0.6) is 0 Å². The average Bonchev–Trinajstić information content (AvgIpc) is 2.79. The van der Waals surface area contributed by atoms with Crippen LogP contribution < -0.4 is 5.32 Å². The highest BCUT2D eigenvalue weighted by Crippen LogP contribution is 2.12. The molecular weight excluding hydrogens is 288 g/mol. The number of nitrogens with one attached hydrogen (secondary N) is 1. The third kappa shape index (κ3) is 4.43. The van der Waals surface area contributed by atoms with E-state index in [1.807, 2.05) is 37.7 Å². The smallest absolute Gasteiger partial charge is 0.220 e. The van der Waals surface area contributed by atoms with E-state index in [1.165, 1.54) is 5.56 Å². The maximum absolute atomic E-state index is 11.9. The fourth-order valence-corrected chi connectivity index (χ4v) is 2.60. The van der Waals surface area contributed by atoms with Crippen molar-refractivity contribution in [3.63, 3.8) is 0 Å². The van der Waals surface area contributed by atoms with E-state index in [0.29, 0.717) is 24.9 Å². The number of rotatable bonds is 6. The number of amides is 1. The summed E-state index contributed by atoms with van der Waals surface area (Å²) in [4.78, 5) is 11.9. The van der Waals surface area contributed by atoms with E-state index in [0.717, 1.165) is 23.4 Å². The minimum absolute atomic E-state index is 0.0496. The molecule has 1 heterocycles. The van der Waals surface area contributed by atoms with E-state index in [-0.39, 0.29) is 5.91 Å². The molecule has 120 valence electrons. The predicted molar refractivity (Wildman–Crippen MR) is 88.9 cm³/mol. The third-order valence-corrected chi connectivity index (χ3v) is 4.08. The lowest BCUT2D eigenvalue weighted by Crippen LogP contribution is -2.26. The van der Waals surface area contributed by atoms with Crippen molar-refractivity contribution in [3.8, 4) is 6.07 Å². The summed E-state index contributed by atoms with van der Waals surface area (Å²) in [5, 5.41) is 16.1. The maximum Gasteiger partial charge on any atom is 0.220 e. The largest absolute Gasteiger partial charge is 0.356 e. The van der Waals surface area contributed by atoms with Crippen LogP contribution in [0.15, 0.2) is 24.3 Å². The second kappa shape index (κ2) is 7.59. The highest BCUT2D eigenvalue weighted by molar-refractivity contribution is 5.76. The molecule has 0 aliphatic carbocycles. The fraction of sp³-hybridized carbons (Fsp3) is 0.389. The van der Waals surface area contributed by atoms with Crippen LogP contribution in [0.3, 0.4) is 0 Å². The Labute approximate surface area is 136 Å². The summed E-state index contributed by atoms with van der Waals surface area (Å²) in [5.41, 5.74) is 5.09. The lowest BCUT2D eigenvalue weighted by Gasteiger charge is -2.06. The van der Waals surface area contributed by atoms with E-state index in [4.69, 9.17) is 5.26 Å². The lowest BCUT2D eigenvalue weighted by atomic mass is 10.1. The zero-order valence-corrected chi connectivity index (χ0v) is 13.9. The molecule has 0 saturated carbocycles. The highest BCUT2D eigenvalue weighted by atomic mass is 16.1. The van der Waals surface area contributed by atoms with Crippen LogP contribution in [-0.2, 0) is 24.7 Å². The summed E-state index contributed by atoms with van der Waals surface area (Å²) in [7, 11) is 1.93. The van der Waals surface area contributed by atoms with E-state index in [9.17, 15) is 4.79 Å². The van der Waals surface area contributed by atoms with Gasteiger partial charge in [-0.2, -0.15) is 10.4 Å². The Morgan fingerprint density at radius 3 is 2.52 bits per heavy atom. The number of nitrogens with zero attached hydrogens (tertiary/aromatic N) is 3. The van der Waals surface area contributed by atoms with Gasteiger partial charge in [0.15, 0.2) is 0 Å². The molecule has 0 unspecified atom stereocenters. The van der Waals surface area contributed by atoms with Crippen LogP contribution in [0.2, 0.25) is 0 Å². The van der Waals surface area contributed by atoms with Crippen molar-refractivity contribution < 1.29 is 4.79 Å². The van der Waals surface area contributed by atoms with Gasteiger partial charge in [-0.05, 0) is 49.9 Å². The van der Waals surface area contributed by atoms with Gasteiger partial charge in [0.2, 0.25) is 5.91 Å². The van der Waals surface area contributed by atoms with Crippen molar-refractivity contribution in [2.45, 2.75) is 33.1 Å². The Bertz CT molecular complexity index is 723. The molecule has 5 nitrogen and oxygen atoms in total. The molecule has 5 heteroatoms. The summed E-state index contributed by atoms with van der Waals surface area (Å²) in [6.07, 6.45) is 1.94. The normalized spacial score (nSPS) is 10.3. The zero-order valence-electron chi connectivity index (χ0n) is 13.9. The van der Waals surface area contributed by atoms with Crippen molar-refractivity contribution in [2.75, 3.05) is 6.54 Å². The summed E-state index contributed by atoms with van der Waals surface area (Å²) >= 11 is 0. The first-order chi connectivity index (χ1) is 11.0. The third-order valence-electron chi connectivity index (χ3n) is 4.08. The molecule has 2 aromatic rings. The number of nitriles is 1. The van der Waals surface area contributed by atoms with Gasteiger partial charge in [-0.3, -0.25) is 9.48 Å². The molecule has 0 fully saturated rings. The summed E-state index contributed by atoms with van der Waals surface area (Å²) < 4.78 is 1.87. The van der Waals surface area contributed by atoms with Crippen LogP contribution in [0.1, 0.15) is 34.5 Å². The molecule has 0 radical (unpaired) electrons. The van der Waals surface area contributed by atoms with Gasteiger partial charge in [-0.25, -0.2) is 0 Å². The van der Waals surface area contributed by atoms with Gasteiger partial charge in [-0.1, -0.05) is 12.1 Å². The number of carbonyl (C=O) groups is 1. The molecular formula is C18H22N4O. The number of carbonyl (C=O) groups excluding carboxylic acids is 1. The van der Waals surface area contributed by atoms with Gasteiger partial charge in [0.1, 0.15) is 0 Å². The minimum atomic E-state index is 0.0496. The Morgan fingerprint density at radius 1 is 1.26 bits per heavy atom. The quantitative estimate of drug-likeness (QED) is 0.889. The van der Waals surface area contributed by atoms with Gasteiger partial charge in [0, 0.05) is 25.7 Å². The topological polar surface area (TPSA) is 70.7 Å². The van der Waals surface area contributed by atoms with Crippen molar-refractivity contribution in [2.24, 2.45) is 7.05 Å². The van der Waals surface area contributed by atoms with Crippen LogP contribution in [0.4, 0.5) is 0 Å². The molecule has 0 aliphatic rings. The molecule has 1 N–H and O–H groups in total. The first-order valence-corrected chi connectivity index (χ1v) is 7.76. The van der Waals surface area contributed by atoms with Gasteiger partial charge in [0.25, 0.3) is 0 Å². The van der Waals surface area contributed by atoms with Gasteiger partial charge in [0.05, 0.1) is 17.3 Å². The average molecular weight is 310 g/mol. The number of hydrogen-bond acceptors (Lipinski definition) is 3.